The Balaban J connectivity index is 1.32. The van der Waals surface area contributed by atoms with Gasteiger partial charge in [0.25, 0.3) is 5.91 Å². The number of piperidine rings is 1. The molecular formula is C23H26N2O3. The quantitative estimate of drug-likeness (QED) is 0.798. The van der Waals surface area contributed by atoms with Crippen molar-refractivity contribution in [2.45, 2.75) is 38.4 Å². The summed E-state index contributed by atoms with van der Waals surface area (Å²) in [6.45, 7) is 2.75. The topological polar surface area (TPSA) is 49.9 Å². The number of hydrogen-bond donors (Lipinski definition) is 0. The summed E-state index contributed by atoms with van der Waals surface area (Å²) in [6, 6.07) is 17.6. The molecule has 146 valence electrons. The molecule has 0 atom stereocenters. The van der Waals surface area contributed by atoms with Crippen LogP contribution >= 0.6 is 0 Å². The second kappa shape index (κ2) is 8.57. The molecule has 0 unspecified atom stereocenters. The van der Waals surface area contributed by atoms with E-state index in [4.69, 9.17) is 4.74 Å². The minimum Gasteiger partial charge on any atom is -0.373 e. The molecule has 0 aromatic heterocycles. The van der Waals surface area contributed by atoms with Crippen molar-refractivity contribution in [1.82, 2.24) is 4.90 Å². The minimum atomic E-state index is 0.0370. The number of likely N-dealkylation sites (tertiary alicyclic amines) is 1. The first-order chi connectivity index (χ1) is 13.7. The number of rotatable bonds is 5. The zero-order valence-electron chi connectivity index (χ0n) is 16.0. The second-order valence-electron chi connectivity index (χ2n) is 7.49. The van der Waals surface area contributed by atoms with Crippen molar-refractivity contribution < 1.29 is 14.3 Å². The Hall–Kier alpha value is -2.66. The summed E-state index contributed by atoms with van der Waals surface area (Å²) in [6.07, 6.45) is 3.37. The molecule has 5 heteroatoms. The number of carbonyl (C=O) groups is 2. The maximum absolute atomic E-state index is 12.9. The summed E-state index contributed by atoms with van der Waals surface area (Å²) >= 11 is 0. The van der Waals surface area contributed by atoms with E-state index in [2.05, 4.69) is 12.1 Å². The fraction of sp³-hybridized carbons (Fsp3) is 0.391. The van der Waals surface area contributed by atoms with Crippen molar-refractivity contribution in [3.05, 3.63) is 65.7 Å². The number of hydrogen-bond acceptors (Lipinski definition) is 3. The van der Waals surface area contributed by atoms with E-state index in [1.165, 1.54) is 5.56 Å². The molecule has 0 radical (unpaired) electrons. The fourth-order valence-electron chi connectivity index (χ4n) is 3.92. The summed E-state index contributed by atoms with van der Waals surface area (Å²) in [4.78, 5) is 28.6. The predicted molar refractivity (Wildman–Crippen MR) is 108 cm³/mol. The van der Waals surface area contributed by atoms with Crippen LogP contribution < -0.4 is 4.90 Å². The van der Waals surface area contributed by atoms with Crippen molar-refractivity contribution >= 4 is 17.5 Å². The van der Waals surface area contributed by atoms with E-state index < -0.39 is 0 Å². The molecule has 5 nitrogen and oxygen atoms in total. The third-order valence-electron chi connectivity index (χ3n) is 5.54. The third kappa shape index (κ3) is 4.25. The average Bonchev–Trinajstić information content (AvgIpc) is 3.19. The van der Waals surface area contributed by atoms with E-state index in [1.54, 1.807) is 4.90 Å². The van der Waals surface area contributed by atoms with Gasteiger partial charge in [-0.05, 0) is 43.0 Å². The molecule has 2 aliphatic rings. The molecule has 28 heavy (non-hydrogen) atoms. The van der Waals surface area contributed by atoms with Crippen molar-refractivity contribution in [3.8, 4) is 0 Å². The van der Waals surface area contributed by atoms with Gasteiger partial charge in [-0.25, -0.2) is 0 Å². The van der Waals surface area contributed by atoms with Gasteiger partial charge in [-0.15, -0.1) is 0 Å². The first-order valence-electron chi connectivity index (χ1n) is 10.1. The maximum atomic E-state index is 12.9. The molecule has 2 aromatic rings. The lowest BCUT2D eigenvalue weighted by molar-refractivity contribution is -0.117. The van der Waals surface area contributed by atoms with Crippen LogP contribution in [0.2, 0.25) is 0 Å². The smallest absolute Gasteiger partial charge is 0.253 e. The van der Waals surface area contributed by atoms with Crippen LogP contribution in [0.1, 0.15) is 41.6 Å². The van der Waals surface area contributed by atoms with Crippen molar-refractivity contribution in [3.63, 3.8) is 0 Å². The number of nitrogens with zero attached hydrogens (tertiary/aromatic N) is 2. The Morgan fingerprint density at radius 1 is 1.00 bits per heavy atom. The van der Waals surface area contributed by atoms with Gasteiger partial charge in [-0.2, -0.15) is 0 Å². The number of carbonyl (C=O) groups excluding carboxylic acids is 2. The van der Waals surface area contributed by atoms with E-state index in [1.807, 2.05) is 47.4 Å². The van der Waals surface area contributed by atoms with Gasteiger partial charge in [0.05, 0.1) is 12.7 Å². The van der Waals surface area contributed by atoms with Crippen LogP contribution in [0.15, 0.2) is 54.6 Å². The van der Waals surface area contributed by atoms with Gasteiger partial charge in [0, 0.05) is 37.3 Å². The van der Waals surface area contributed by atoms with Gasteiger partial charge < -0.3 is 14.5 Å². The zero-order valence-corrected chi connectivity index (χ0v) is 16.0. The number of benzene rings is 2. The zero-order chi connectivity index (χ0) is 19.3. The molecule has 2 aliphatic heterocycles. The molecule has 2 aromatic carbocycles. The highest BCUT2D eigenvalue weighted by Gasteiger charge is 2.26. The lowest BCUT2D eigenvalue weighted by Gasteiger charge is -2.32. The maximum Gasteiger partial charge on any atom is 0.253 e. The van der Waals surface area contributed by atoms with Gasteiger partial charge in [0.2, 0.25) is 5.91 Å². The fourth-order valence-corrected chi connectivity index (χ4v) is 3.92. The number of amides is 2. The predicted octanol–water partition coefficient (Wildman–Crippen LogP) is 3.63. The highest BCUT2D eigenvalue weighted by atomic mass is 16.5. The lowest BCUT2D eigenvalue weighted by Crippen LogP contribution is -2.40. The molecule has 2 saturated heterocycles. The van der Waals surface area contributed by atoms with Gasteiger partial charge in [-0.1, -0.05) is 36.4 Å². The summed E-state index contributed by atoms with van der Waals surface area (Å²) in [7, 11) is 0. The second-order valence-corrected chi connectivity index (χ2v) is 7.49. The summed E-state index contributed by atoms with van der Waals surface area (Å²) in [5.41, 5.74) is 2.66. The van der Waals surface area contributed by atoms with Crippen molar-refractivity contribution in [2.75, 3.05) is 24.5 Å². The Morgan fingerprint density at radius 3 is 2.50 bits per heavy atom. The Morgan fingerprint density at radius 2 is 1.79 bits per heavy atom. The van der Waals surface area contributed by atoms with E-state index in [-0.39, 0.29) is 17.9 Å². The first-order valence-corrected chi connectivity index (χ1v) is 10.1. The molecule has 2 amide bonds. The summed E-state index contributed by atoms with van der Waals surface area (Å²) < 4.78 is 6.02. The summed E-state index contributed by atoms with van der Waals surface area (Å²) in [5.74, 6) is 0.177. The Labute approximate surface area is 165 Å². The largest absolute Gasteiger partial charge is 0.373 e. The van der Waals surface area contributed by atoms with Crippen molar-refractivity contribution in [1.29, 1.82) is 0 Å². The first kappa shape index (κ1) is 18.7. The van der Waals surface area contributed by atoms with Crippen LogP contribution in [0, 0.1) is 0 Å². The Kier molecular flexibility index (Phi) is 5.72. The number of anilines is 1. The van der Waals surface area contributed by atoms with Crippen LogP contribution in [0.4, 0.5) is 5.69 Å². The van der Waals surface area contributed by atoms with E-state index in [0.29, 0.717) is 31.7 Å². The molecule has 0 spiro atoms. The molecule has 0 bridgehead atoms. The molecular weight excluding hydrogens is 352 g/mol. The lowest BCUT2D eigenvalue weighted by atomic mass is 10.1. The SMILES string of the molecule is O=C(c1cccc(N2CCCC2=O)c1)N1CCC(OCc2ccccc2)CC1. The van der Waals surface area contributed by atoms with Gasteiger partial charge in [0.15, 0.2) is 0 Å². The third-order valence-corrected chi connectivity index (χ3v) is 5.54. The van der Waals surface area contributed by atoms with Gasteiger partial charge in [-0.3, -0.25) is 9.59 Å². The molecule has 4 rings (SSSR count). The van der Waals surface area contributed by atoms with Crippen LogP contribution in [0.5, 0.6) is 0 Å². The molecule has 2 heterocycles. The van der Waals surface area contributed by atoms with E-state index in [0.717, 1.165) is 31.5 Å². The number of ether oxygens (including phenoxy) is 1. The average molecular weight is 378 g/mol. The highest BCUT2D eigenvalue weighted by Crippen LogP contribution is 2.24. The van der Waals surface area contributed by atoms with Gasteiger partial charge >= 0.3 is 0 Å². The molecule has 0 N–H and O–H groups in total. The van der Waals surface area contributed by atoms with E-state index in [9.17, 15) is 9.59 Å². The van der Waals surface area contributed by atoms with Crippen LogP contribution in [0.25, 0.3) is 0 Å². The minimum absolute atomic E-state index is 0.0370. The van der Waals surface area contributed by atoms with E-state index >= 15 is 0 Å². The van der Waals surface area contributed by atoms with Gasteiger partial charge in [0.1, 0.15) is 0 Å². The van der Waals surface area contributed by atoms with Crippen molar-refractivity contribution in [2.24, 2.45) is 0 Å². The highest BCUT2D eigenvalue weighted by molar-refractivity contribution is 5.99. The molecule has 0 aliphatic carbocycles. The molecule has 2 fully saturated rings. The molecule has 0 saturated carbocycles. The Bertz CT molecular complexity index is 829. The standard InChI is InChI=1S/C23H26N2O3/c26-22-10-5-13-25(22)20-9-4-8-19(16-20)23(27)24-14-11-21(12-15-24)28-17-18-6-2-1-3-7-18/h1-4,6-9,16,21H,5,10-15,17H2. The van der Waals surface area contributed by atoms with Crippen LogP contribution in [-0.4, -0.2) is 42.5 Å². The normalized spacial score (nSPS) is 17.9. The monoisotopic (exact) mass is 378 g/mol. The summed E-state index contributed by atoms with van der Waals surface area (Å²) in [5, 5.41) is 0. The van der Waals surface area contributed by atoms with Crippen LogP contribution in [0.3, 0.4) is 0 Å². The van der Waals surface area contributed by atoms with Crippen LogP contribution in [-0.2, 0) is 16.1 Å².